The Morgan fingerprint density at radius 3 is 2.68 bits per heavy atom. The zero-order valence-corrected chi connectivity index (χ0v) is 11.1. The van der Waals surface area contributed by atoms with Gasteiger partial charge in [0.15, 0.2) is 0 Å². The smallest absolute Gasteiger partial charge is 0.427 e. The number of para-hydroxylation sites is 1. The number of anilines is 1. The van der Waals surface area contributed by atoms with Crippen molar-refractivity contribution in [3.05, 3.63) is 29.8 Å². The second-order valence-corrected chi connectivity index (χ2v) is 5.00. The maximum absolute atomic E-state index is 12.0. The molecule has 0 fully saturated rings. The fourth-order valence-electron chi connectivity index (χ4n) is 2.52. The predicted octanol–water partition coefficient (Wildman–Crippen LogP) is 1.61. The lowest BCUT2D eigenvalue weighted by molar-refractivity contribution is -0.118. The van der Waals surface area contributed by atoms with Gasteiger partial charge in [0.2, 0.25) is 5.91 Å². The van der Waals surface area contributed by atoms with Crippen LogP contribution in [0.4, 0.5) is 5.69 Å². The zero-order chi connectivity index (χ0) is 13.7. The molecule has 5 heteroatoms. The van der Waals surface area contributed by atoms with E-state index in [0.717, 1.165) is 37.9 Å². The number of carbonyl (C=O) groups excluding carboxylic acids is 1. The van der Waals surface area contributed by atoms with E-state index >= 15 is 0 Å². The average Bonchev–Trinajstić information content (AvgIpc) is 2.40. The van der Waals surface area contributed by atoms with Gasteiger partial charge in [-0.2, -0.15) is 0 Å². The van der Waals surface area contributed by atoms with Crippen molar-refractivity contribution >= 4 is 18.7 Å². The second kappa shape index (κ2) is 6.73. The molecule has 0 unspecified atom stereocenters. The van der Waals surface area contributed by atoms with E-state index in [-0.39, 0.29) is 5.91 Å². The summed E-state index contributed by atoms with van der Waals surface area (Å²) in [6.45, 7) is 0.720. The zero-order valence-electron chi connectivity index (χ0n) is 11.1. The maximum Gasteiger partial charge on any atom is 0.451 e. The Kier molecular flexibility index (Phi) is 4.99. The van der Waals surface area contributed by atoms with Gasteiger partial charge in [-0.15, -0.1) is 0 Å². The molecule has 102 valence electrons. The first kappa shape index (κ1) is 14.1. The molecular formula is C14H20BNO3. The highest BCUT2D eigenvalue weighted by atomic mass is 16.4. The quantitative estimate of drug-likeness (QED) is 0.604. The Balaban J connectivity index is 1.87. The van der Waals surface area contributed by atoms with Crippen LogP contribution in [-0.4, -0.2) is 29.6 Å². The van der Waals surface area contributed by atoms with Crippen LogP contribution in [0.15, 0.2) is 24.3 Å². The Labute approximate surface area is 114 Å². The number of fused-ring (bicyclic) bond motifs is 1. The third-order valence-corrected chi connectivity index (χ3v) is 3.54. The highest BCUT2D eigenvalue weighted by Gasteiger charge is 2.22. The van der Waals surface area contributed by atoms with E-state index < -0.39 is 7.12 Å². The predicted molar refractivity (Wildman–Crippen MR) is 76.0 cm³/mol. The highest BCUT2D eigenvalue weighted by Crippen LogP contribution is 2.27. The molecule has 1 heterocycles. The largest absolute Gasteiger partial charge is 0.451 e. The van der Waals surface area contributed by atoms with E-state index in [1.54, 1.807) is 0 Å². The molecule has 1 amide bonds. The number of hydrogen-bond donors (Lipinski definition) is 2. The van der Waals surface area contributed by atoms with Crippen molar-refractivity contribution in [3.8, 4) is 0 Å². The van der Waals surface area contributed by atoms with Crippen LogP contribution < -0.4 is 4.90 Å². The molecule has 0 atom stereocenters. The fourth-order valence-corrected chi connectivity index (χ4v) is 2.52. The minimum Gasteiger partial charge on any atom is -0.427 e. The van der Waals surface area contributed by atoms with Crippen LogP contribution in [0.3, 0.4) is 0 Å². The molecule has 2 rings (SSSR count). The van der Waals surface area contributed by atoms with Crippen molar-refractivity contribution < 1.29 is 14.8 Å². The van der Waals surface area contributed by atoms with Crippen LogP contribution in [-0.2, 0) is 11.2 Å². The Morgan fingerprint density at radius 2 is 1.89 bits per heavy atom. The minimum absolute atomic E-state index is 0.195. The monoisotopic (exact) mass is 261 g/mol. The molecule has 0 aliphatic carbocycles. The van der Waals surface area contributed by atoms with Gasteiger partial charge < -0.3 is 14.9 Å². The lowest BCUT2D eigenvalue weighted by atomic mass is 9.83. The van der Waals surface area contributed by atoms with Crippen LogP contribution in [0.2, 0.25) is 6.32 Å². The molecule has 1 aliphatic heterocycles. The van der Waals surface area contributed by atoms with Crippen molar-refractivity contribution in [1.82, 2.24) is 0 Å². The summed E-state index contributed by atoms with van der Waals surface area (Å²) in [6, 6.07) is 8.06. The summed E-state index contributed by atoms with van der Waals surface area (Å²) in [4.78, 5) is 13.8. The summed E-state index contributed by atoms with van der Waals surface area (Å²) in [5.41, 5.74) is 2.29. The van der Waals surface area contributed by atoms with Gasteiger partial charge in [-0.3, -0.25) is 4.79 Å². The molecule has 2 N–H and O–H groups in total. The summed E-state index contributed by atoms with van der Waals surface area (Å²) in [5.74, 6) is 0.195. The number of nitrogens with zero attached hydrogens (tertiary/aromatic N) is 1. The summed E-state index contributed by atoms with van der Waals surface area (Å²) in [6.07, 6.45) is 4.41. The Morgan fingerprint density at radius 1 is 1.11 bits per heavy atom. The van der Waals surface area contributed by atoms with E-state index in [4.69, 9.17) is 10.0 Å². The lowest BCUT2D eigenvalue weighted by Gasteiger charge is -2.29. The summed E-state index contributed by atoms with van der Waals surface area (Å²) in [7, 11) is -1.21. The molecule has 0 spiro atoms. The normalized spacial score (nSPS) is 14.4. The van der Waals surface area contributed by atoms with Gasteiger partial charge in [-0.25, -0.2) is 0 Å². The summed E-state index contributed by atoms with van der Waals surface area (Å²) >= 11 is 0. The number of rotatable bonds is 6. The van der Waals surface area contributed by atoms with E-state index in [1.807, 2.05) is 23.1 Å². The third-order valence-electron chi connectivity index (χ3n) is 3.54. The van der Waals surface area contributed by atoms with Crippen LogP contribution in [0.25, 0.3) is 0 Å². The molecular weight excluding hydrogens is 241 g/mol. The van der Waals surface area contributed by atoms with Gasteiger partial charge in [-0.05, 0) is 30.8 Å². The van der Waals surface area contributed by atoms with E-state index in [9.17, 15) is 4.79 Å². The van der Waals surface area contributed by atoms with Crippen LogP contribution in [0.5, 0.6) is 0 Å². The van der Waals surface area contributed by atoms with Crippen molar-refractivity contribution in [2.75, 3.05) is 11.4 Å². The summed E-state index contributed by atoms with van der Waals surface area (Å²) in [5, 5.41) is 17.5. The molecule has 0 radical (unpaired) electrons. The SMILES string of the molecule is O=C1CCc2ccccc2N1CCCCCB(O)O. The maximum atomic E-state index is 12.0. The van der Waals surface area contributed by atoms with Crippen LogP contribution in [0.1, 0.15) is 31.2 Å². The lowest BCUT2D eigenvalue weighted by Crippen LogP contribution is -2.35. The topological polar surface area (TPSA) is 60.8 Å². The number of carbonyl (C=O) groups is 1. The second-order valence-electron chi connectivity index (χ2n) is 5.00. The van der Waals surface area contributed by atoms with E-state index in [2.05, 4.69) is 6.07 Å². The first-order valence-electron chi connectivity index (χ1n) is 6.93. The number of benzene rings is 1. The van der Waals surface area contributed by atoms with Gasteiger partial charge in [0, 0.05) is 18.7 Å². The van der Waals surface area contributed by atoms with Gasteiger partial charge in [0.25, 0.3) is 0 Å². The standard InChI is InChI=1S/C14H20BNO3/c17-14-9-8-12-6-2-3-7-13(12)16(14)11-5-1-4-10-15(18)19/h2-3,6-7,18-19H,1,4-5,8-11H2. The fraction of sp³-hybridized carbons (Fsp3) is 0.500. The first-order chi connectivity index (χ1) is 9.18. The molecule has 0 bridgehead atoms. The first-order valence-corrected chi connectivity index (χ1v) is 6.93. The number of amides is 1. The van der Waals surface area contributed by atoms with Gasteiger partial charge in [0.1, 0.15) is 0 Å². The minimum atomic E-state index is -1.21. The average molecular weight is 261 g/mol. The molecule has 0 saturated heterocycles. The van der Waals surface area contributed by atoms with Gasteiger partial charge >= 0.3 is 7.12 Å². The summed E-state index contributed by atoms with van der Waals surface area (Å²) < 4.78 is 0. The van der Waals surface area contributed by atoms with Gasteiger partial charge in [0.05, 0.1) is 0 Å². The Hall–Kier alpha value is -1.33. The molecule has 19 heavy (non-hydrogen) atoms. The molecule has 1 aliphatic rings. The highest BCUT2D eigenvalue weighted by molar-refractivity contribution is 6.40. The van der Waals surface area contributed by atoms with Crippen LogP contribution >= 0.6 is 0 Å². The van der Waals surface area contributed by atoms with E-state index in [1.165, 1.54) is 5.56 Å². The Bertz CT molecular complexity index is 436. The van der Waals surface area contributed by atoms with Crippen molar-refractivity contribution in [2.24, 2.45) is 0 Å². The number of aryl methyl sites for hydroxylation is 1. The van der Waals surface area contributed by atoms with E-state index in [0.29, 0.717) is 12.7 Å². The third kappa shape index (κ3) is 3.82. The van der Waals surface area contributed by atoms with Gasteiger partial charge in [-0.1, -0.05) is 31.0 Å². The van der Waals surface area contributed by atoms with Crippen molar-refractivity contribution in [2.45, 2.75) is 38.4 Å². The molecule has 1 aromatic carbocycles. The molecule has 4 nitrogen and oxygen atoms in total. The molecule has 0 aromatic heterocycles. The van der Waals surface area contributed by atoms with Crippen molar-refractivity contribution in [3.63, 3.8) is 0 Å². The molecule has 1 aromatic rings. The number of unbranched alkanes of at least 4 members (excludes halogenated alkanes) is 2. The van der Waals surface area contributed by atoms with Crippen molar-refractivity contribution in [1.29, 1.82) is 0 Å². The molecule has 0 saturated carbocycles. The van der Waals surface area contributed by atoms with Crippen LogP contribution in [0, 0.1) is 0 Å². The number of hydrogen-bond acceptors (Lipinski definition) is 3.